The molecule has 4 aromatic rings. The van der Waals surface area contributed by atoms with Gasteiger partial charge in [-0.3, -0.25) is 9.67 Å². The van der Waals surface area contributed by atoms with Crippen LogP contribution in [0.15, 0.2) is 59.7 Å². The summed E-state index contributed by atoms with van der Waals surface area (Å²) in [5, 5.41) is 14.5. The van der Waals surface area contributed by atoms with Crippen LogP contribution in [0.2, 0.25) is 0 Å². The van der Waals surface area contributed by atoms with Crippen molar-refractivity contribution >= 4 is 23.1 Å². The number of nitrogens with zero attached hydrogens (tertiary/aromatic N) is 4. The molecule has 0 atom stereocenters. The van der Waals surface area contributed by atoms with Crippen LogP contribution in [0.25, 0.3) is 22.3 Å². The first-order valence-corrected chi connectivity index (χ1v) is 7.51. The molecule has 0 fully saturated rings. The first-order valence-electron chi connectivity index (χ1n) is 7.51. The number of aryl methyl sites for hydroxylation is 1. The molecule has 3 aromatic heterocycles. The van der Waals surface area contributed by atoms with Gasteiger partial charge in [0, 0.05) is 31.1 Å². The fourth-order valence-corrected chi connectivity index (χ4v) is 2.61. The molecule has 0 bridgehead atoms. The van der Waals surface area contributed by atoms with E-state index in [0.29, 0.717) is 16.9 Å². The van der Waals surface area contributed by atoms with E-state index in [2.05, 4.69) is 20.1 Å². The van der Waals surface area contributed by atoms with Crippen LogP contribution in [0.1, 0.15) is 5.56 Å². The molecule has 24 heavy (non-hydrogen) atoms. The van der Waals surface area contributed by atoms with Crippen LogP contribution in [-0.2, 0) is 7.05 Å². The lowest BCUT2D eigenvalue weighted by molar-refractivity contribution is 0.457. The number of hydrogen-bond acceptors (Lipinski definition) is 4. The van der Waals surface area contributed by atoms with Gasteiger partial charge in [-0.1, -0.05) is 30.3 Å². The van der Waals surface area contributed by atoms with Crippen LogP contribution in [-0.4, -0.2) is 31.1 Å². The first-order chi connectivity index (χ1) is 11.7. The number of pyridine rings is 1. The van der Waals surface area contributed by atoms with Crippen molar-refractivity contribution in [2.24, 2.45) is 12.0 Å². The summed E-state index contributed by atoms with van der Waals surface area (Å²) in [4.78, 5) is 11.6. The van der Waals surface area contributed by atoms with Gasteiger partial charge in [0.15, 0.2) is 11.7 Å². The molecule has 118 valence electrons. The average molecular weight is 317 g/mol. The van der Waals surface area contributed by atoms with E-state index in [1.165, 1.54) is 0 Å². The highest BCUT2D eigenvalue weighted by Gasteiger charge is 2.10. The largest absolute Gasteiger partial charge is 0.494 e. The zero-order chi connectivity index (χ0) is 16.5. The molecule has 6 nitrogen and oxygen atoms in total. The van der Waals surface area contributed by atoms with Gasteiger partial charge in [-0.15, -0.1) is 0 Å². The van der Waals surface area contributed by atoms with E-state index in [0.717, 1.165) is 16.8 Å². The summed E-state index contributed by atoms with van der Waals surface area (Å²) in [5.74, 6) is 0.747. The lowest BCUT2D eigenvalue weighted by Crippen LogP contribution is -1.90. The number of fused-ring (bicyclic) bond motifs is 1. The van der Waals surface area contributed by atoms with Crippen molar-refractivity contribution in [3.63, 3.8) is 0 Å². The highest BCUT2D eigenvalue weighted by atomic mass is 16.3. The van der Waals surface area contributed by atoms with Crippen LogP contribution in [0.3, 0.4) is 0 Å². The SMILES string of the molecule is Cn1nc(-c2ccccc2)cc1N=Cc1c(O)[nH]c2cccnc12. The molecule has 1 aromatic carbocycles. The molecule has 0 saturated heterocycles. The molecule has 0 aliphatic rings. The Labute approximate surface area is 138 Å². The van der Waals surface area contributed by atoms with Gasteiger partial charge in [0.1, 0.15) is 5.52 Å². The molecule has 6 heteroatoms. The quantitative estimate of drug-likeness (QED) is 0.568. The predicted octanol–water partition coefficient (Wildman–Crippen LogP) is 3.42. The lowest BCUT2D eigenvalue weighted by Gasteiger charge is -1.94. The lowest BCUT2D eigenvalue weighted by atomic mass is 10.2. The van der Waals surface area contributed by atoms with Crippen molar-refractivity contribution in [1.29, 1.82) is 0 Å². The van der Waals surface area contributed by atoms with Gasteiger partial charge in [-0.05, 0) is 12.1 Å². The van der Waals surface area contributed by atoms with Gasteiger partial charge in [0.05, 0.1) is 16.8 Å². The van der Waals surface area contributed by atoms with Gasteiger partial charge in [-0.2, -0.15) is 5.10 Å². The van der Waals surface area contributed by atoms with Crippen molar-refractivity contribution in [2.75, 3.05) is 0 Å². The Kier molecular flexibility index (Phi) is 3.35. The van der Waals surface area contributed by atoms with Crippen molar-refractivity contribution < 1.29 is 5.11 Å². The summed E-state index contributed by atoms with van der Waals surface area (Å²) in [6, 6.07) is 15.5. The zero-order valence-electron chi connectivity index (χ0n) is 13.0. The number of nitrogens with one attached hydrogen (secondary N) is 1. The average Bonchev–Trinajstić information content (AvgIpc) is 3.13. The fraction of sp³-hybridized carbons (Fsp3) is 0.0556. The number of aromatic nitrogens is 4. The second kappa shape index (κ2) is 5.66. The van der Waals surface area contributed by atoms with E-state index in [1.54, 1.807) is 17.1 Å². The molecule has 4 rings (SSSR count). The number of hydrogen-bond donors (Lipinski definition) is 2. The molecular weight excluding hydrogens is 302 g/mol. The summed E-state index contributed by atoms with van der Waals surface area (Å²) in [6.45, 7) is 0. The van der Waals surface area contributed by atoms with Crippen LogP contribution < -0.4 is 0 Å². The number of H-pyrrole nitrogens is 1. The summed E-state index contributed by atoms with van der Waals surface area (Å²) in [6.07, 6.45) is 3.29. The Morgan fingerprint density at radius 3 is 2.83 bits per heavy atom. The van der Waals surface area contributed by atoms with Crippen LogP contribution in [0, 0.1) is 0 Å². The fourth-order valence-electron chi connectivity index (χ4n) is 2.61. The van der Waals surface area contributed by atoms with Gasteiger partial charge < -0.3 is 10.1 Å². The standard InChI is InChI=1S/C18H15N5O/c1-23-16(10-15(22-23)12-6-3-2-4-7-12)20-11-13-17-14(21-18(13)24)8-5-9-19-17/h2-11,21,24H,1H3. The first kappa shape index (κ1) is 14.2. The molecule has 3 heterocycles. The van der Waals surface area contributed by atoms with E-state index in [1.807, 2.05) is 55.6 Å². The Morgan fingerprint density at radius 2 is 2.00 bits per heavy atom. The number of rotatable bonds is 3. The van der Waals surface area contributed by atoms with Gasteiger partial charge >= 0.3 is 0 Å². The molecule has 0 radical (unpaired) electrons. The number of aromatic amines is 1. The summed E-state index contributed by atoms with van der Waals surface area (Å²) in [7, 11) is 1.84. The predicted molar refractivity (Wildman–Crippen MR) is 93.7 cm³/mol. The maximum Gasteiger partial charge on any atom is 0.200 e. The van der Waals surface area contributed by atoms with Crippen molar-refractivity contribution in [1.82, 2.24) is 19.7 Å². The van der Waals surface area contributed by atoms with Gasteiger partial charge in [0.2, 0.25) is 0 Å². The minimum absolute atomic E-state index is 0.0536. The van der Waals surface area contributed by atoms with E-state index >= 15 is 0 Å². The third kappa shape index (κ3) is 2.44. The Hall–Kier alpha value is -3.41. The maximum atomic E-state index is 10.1. The molecule has 0 unspecified atom stereocenters. The van der Waals surface area contributed by atoms with E-state index in [9.17, 15) is 5.11 Å². The second-order valence-electron chi connectivity index (χ2n) is 5.42. The molecule has 2 N–H and O–H groups in total. The Balaban J connectivity index is 1.71. The zero-order valence-corrected chi connectivity index (χ0v) is 13.0. The minimum atomic E-state index is 0.0536. The molecule has 0 amide bonds. The van der Waals surface area contributed by atoms with Crippen LogP contribution in [0.5, 0.6) is 5.88 Å². The van der Waals surface area contributed by atoms with Crippen molar-refractivity contribution in [3.05, 3.63) is 60.3 Å². The van der Waals surface area contributed by atoms with Crippen LogP contribution >= 0.6 is 0 Å². The number of benzene rings is 1. The highest BCUT2D eigenvalue weighted by molar-refractivity contribution is 6.00. The number of aromatic hydroxyl groups is 1. The third-order valence-corrected chi connectivity index (χ3v) is 3.82. The van der Waals surface area contributed by atoms with Crippen molar-refractivity contribution in [2.45, 2.75) is 0 Å². The molecule has 0 spiro atoms. The molecule has 0 saturated carbocycles. The third-order valence-electron chi connectivity index (χ3n) is 3.82. The highest BCUT2D eigenvalue weighted by Crippen LogP contribution is 2.26. The molecule has 0 aliphatic carbocycles. The van der Waals surface area contributed by atoms with E-state index in [4.69, 9.17) is 0 Å². The summed E-state index contributed by atoms with van der Waals surface area (Å²) in [5.41, 5.74) is 3.90. The monoisotopic (exact) mass is 317 g/mol. The molecular formula is C18H15N5O. The van der Waals surface area contributed by atoms with Crippen LogP contribution in [0.4, 0.5) is 5.82 Å². The van der Waals surface area contributed by atoms with E-state index in [-0.39, 0.29) is 5.88 Å². The summed E-state index contributed by atoms with van der Waals surface area (Å²) >= 11 is 0. The minimum Gasteiger partial charge on any atom is -0.494 e. The topological polar surface area (TPSA) is 79.1 Å². The molecule has 0 aliphatic heterocycles. The van der Waals surface area contributed by atoms with E-state index < -0.39 is 0 Å². The summed E-state index contributed by atoms with van der Waals surface area (Å²) < 4.78 is 1.71. The number of aliphatic imine (C=N–C) groups is 1. The maximum absolute atomic E-state index is 10.1. The van der Waals surface area contributed by atoms with Gasteiger partial charge in [0.25, 0.3) is 0 Å². The van der Waals surface area contributed by atoms with Crippen molar-refractivity contribution in [3.8, 4) is 17.1 Å². The second-order valence-corrected chi connectivity index (χ2v) is 5.42. The van der Waals surface area contributed by atoms with Gasteiger partial charge in [-0.25, -0.2) is 4.99 Å². The Bertz CT molecular complexity index is 1030. The Morgan fingerprint density at radius 1 is 1.17 bits per heavy atom. The normalized spacial score (nSPS) is 11.5. The smallest absolute Gasteiger partial charge is 0.200 e.